The van der Waals surface area contributed by atoms with Crippen LogP contribution in [0.2, 0.25) is 0 Å². The summed E-state index contributed by atoms with van der Waals surface area (Å²) in [6.45, 7) is 4.21. The van der Waals surface area contributed by atoms with Crippen molar-refractivity contribution in [2.75, 3.05) is 31.3 Å². The van der Waals surface area contributed by atoms with E-state index in [4.69, 9.17) is 20.8 Å². The number of hydrazine groups is 1. The molecule has 1 aliphatic heterocycles. The van der Waals surface area contributed by atoms with Gasteiger partial charge in [0.25, 0.3) is 5.89 Å². The minimum atomic E-state index is 0.187. The number of ether oxygens (including phenoxy) is 1. The molecule has 0 saturated carbocycles. The molecule has 2 aromatic carbocycles. The van der Waals surface area contributed by atoms with E-state index in [1.165, 1.54) is 10.6 Å². The number of morpholine rings is 1. The van der Waals surface area contributed by atoms with Gasteiger partial charge in [-0.1, -0.05) is 41.6 Å². The molecule has 4 N–H and O–H groups in total. The number of pyridine rings is 1. The van der Waals surface area contributed by atoms with Crippen LogP contribution in [0.25, 0.3) is 22.8 Å². The molecular weight excluding hydrogens is 473 g/mol. The van der Waals surface area contributed by atoms with Crippen molar-refractivity contribution in [1.82, 2.24) is 20.0 Å². The van der Waals surface area contributed by atoms with Crippen molar-refractivity contribution in [2.45, 2.75) is 6.54 Å². The van der Waals surface area contributed by atoms with Gasteiger partial charge in [0.1, 0.15) is 5.70 Å². The smallest absolute Gasteiger partial charge is 0.276 e. The lowest BCUT2D eigenvalue weighted by Gasteiger charge is -2.26. The molecule has 4 aromatic rings. The molecule has 0 bridgehead atoms. The molecule has 1 saturated heterocycles. The van der Waals surface area contributed by atoms with Gasteiger partial charge in [0.15, 0.2) is 0 Å². The van der Waals surface area contributed by atoms with Crippen LogP contribution in [0, 0.1) is 0 Å². The van der Waals surface area contributed by atoms with Gasteiger partial charge in [0, 0.05) is 43.2 Å². The molecule has 5 rings (SSSR count). The van der Waals surface area contributed by atoms with Crippen LogP contribution < -0.4 is 21.9 Å². The minimum absolute atomic E-state index is 0.187. The maximum Gasteiger partial charge on any atom is 0.276 e. The monoisotopic (exact) mass is 501 g/mol. The molecule has 0 radical (unpaired) electrons. The summed E-state index contributed by atoms with van der Waals surface area (Å²) in [5.74, 6) is 7.24. The van der Waals surface area contributed by atoms with E-state index >= 15 is 0 Å². The first-order valence-electron chi connectivity index (χ1n) is 11.6. The summed E-state index contributed by atoms with van der Waals surface area (Å²) in [7, 11) is 2.69. The second-order valence-corrected chi connectivity index (χ2v) is 9.06. The highest BCUT2D eigenvalue weighted by Crippen LogP contribution is 2.29. The van der Waals surface area contributed by atoms with Crippen molar-refractivity contribution < 1.29 is 9.26 Å². The Bertz CT molecular complexity index is 1350. The van der Waals surface area contributed by atoms with Gasteiger partial charge in [-0.3, -0.25) is 14.9 Å². The molecule has 1 fully saturated rings. The Morgan fingerprint density at radius 2 is 1.81 bits per heavy atom. The highest BCUT2D eigenvalue weighted by molar-refractivity contribution is 7.28. The summed E-state index contributed by atoms with van der Waals surface area (Å²) in [6, 6.07) is 19.5. The first-order valence-corrected chi connectivity index (χ1v) is 12.2. The maximum absolute atomic E-state index is 6.62. The number of benzene rings is 2. The number of aromatic nitrogens is 3. The van der Waals surface area contributed by atoms with Crippen molar-refractivity contribution in [3.8, 4) is 11.4 Å². The van der Waals surface area contributed by atoms with Gasteiger partial charge < -0.3 is 15.0 Å². The Morgan fingerprint density at radius 3 is 2.58 bits per heavy atom. The summed E-state index contributed by atoms with van der Waals surface area (Å²) < 4.78 is 11.1. The zero-order chi connectivity index (χ0) is 24.9. The molecular formula is C26H28N7O2P. The van der Waals surface area contributed by atoms with Crippen molar-refractivity contribution >= 4 is 31.6 Å². The third-order valence-electron chi connectivity index (χ3n) is 6.00. The predicted octanol–water partition coefficient (Wildman–Crippen LogP) is 2.63. The van der Waals surface area contributed by atoms with E-state index in [1.54, 1.807) is 12.4 Å². The zero-order valence-electron chi connectivity index (χ0n) is 19.7. The Morgan fingerprint density at radius 1 is 1.03 bits per heavy atom. The summed E-state index contributed by atoms with van der Waals surface area (Å²) >= 11 is 0. The minimum Gasteiger partial charge on any atom is -0.392 e. The third kappa shape index (κ3) is 5.29. The Balaban J connectivity index is 1.48. The van der Waals surface area contributed by atoms with E-state index < -0.39 is 0 Å². The van der Waals surface area contributed by atoms with Gasteiger partial charge in [-0.25, -0.2) is 5.84 Å². The first-order chi connectivity index (χ1) is 17.6. The molecule has 1 aliphatic rings. The zero-order valence-corrected chi connectivity index (χ0v) is 20.9. The molecule has 3 heterocycles. The number of nitrogens with zero attached hydrogens (tertiary/aromatic N) is 5. The van der Waals surface area contributed by atoms with Crippen LogP contribution in [-0.4, -0.2) is 46.3 Å². The van der Waals surface area contributed by atoms with Crippen molar-refractivity contribution in [2.24, 2.45) is 11.6 Å². The van der Waals surface area contributed by atoms with E-state index in [1.807, 2.05) is 48.5 Å². The fraction of sp³-hybridized carbons (Fsp3) is 0.192. The van der Waals surface area contributed by atoms with Crippen LogP contribution in [0.5, 0.6) is 0 Å². The number of anilines is 1. The van der Waals surface area contributed by atoms with Crippen molar-refractivity contribution in [3.05, 3.63) is 90.1 Å². The Labute approximate surface area is 211 Å². The van der Waals surface area contributed by atoms with Gasteiger partial charge in [-0.15, -0.1) is 9.24 Å². The molecule has 36 heavy (non-hydrogen) atoms. The molecule has 10 heteroatoms. The number of hydrogen-bond acceptors (Lipinski definition) is 9. The lowest BCUT2D eigenvalue weighted by atomic mass is 10.1. The normalized spacial score (nSPS) is 14.9. The average molecular weight is 502 g/mol. The van der Waals surface area contributed by atoms with Crippen LogP contribution in [0.3, 0.4) is 0 Å². The van der Waals surface area contributed by atoms with Crippen LogP contribution >= 0.6 is 9.24 Å². The van der Waals surface area contributed by atoms with Crippen LogP contribution in [0.15, 0.2) is 77.6 Å². The van der Waals surface area contributed by atoms with Gasteiger partial charge in [0.2, 0.25) is 5.82 Å². The SMILES string of the molecule is N/C(=C(/c1ccncc1)N(N)c1ccccc1P)c1nc(-c2cccc(CN3CCOCC3)c2)no1. The molecule has 1 atom stereocenters. The predicted molar refractivity (Wildman–Crippen MR) is 144 cm³/mol. The molecule has 0 aliphatic carbocycles. The maximum atomic E-state index is 6.62. The van der Waals surface area contributed by atoms with E-state index in [2.05, 4.69) is 41.4 Å². The quantitative estimate of drug-likeness (QED) is 0.224. The molecule has 9 nitrogen and oxygen atoms in total. The fourth-order valence-electron chi connectivity index (χ4n) is 4.14. The molecule has 0 amide bonds. The third-order valence-corrected chi connectivity index (χ3v) is 6.49. The van der Waals surface area contributed by atoms with Crippen molar-refractivity contribution in [1.29, 1.82) is 0 Å². The van der Waals surface area contributed by atoms with Gasteiger partial charge in [0.05, 0.1) is 24.6 Å². The van der Waals surface area contributed by atoms with E-state index in [0.717, 1.165) is 55.0 Å². The molecule has 0 spiro atoms. The first kappa shape index (κ1) is 24.1. The Kier molecular flexibility index (Phi) is 7.34. The van der Waals surface area contributed by atoms with Crippen LogP contribution in [0.4, 0.5) is 5.69 Å². The van der Waals surface area contributed by atoms with Crippen LogP contribution in [0.1, 0.15) is 17.0 Å². The van der Waals surface area contributed by atoms with E-state index in [9.17, 15) is 0 Å². The van der Waals surface area contributed by atoms with Gasteiger partial charge >= 0.3 is 0 Å². The van der Waals surface area contributed by atoms with Gasteiger partial charge in [-0.2, -0.15) is 4.98 Å². The summed E-state index contributed by atoms with van der Waals surface area (Å²) in [4.78, 5) is 11.1. The number of nitrogens with two attached hydrogens (primary N) is 2. The lowest BCUT2D eigenvalue weighted by molar-refractivity contribution is 0.0342. The second kappa shape index (κ2) is 11.0. The molecule has 1 unspecified atom stereocenters. The number of hydrogen-bond donors (Lipinski definition) is 2. The number of rotatable bonds is 7. The summed E-state index contributed by atoms with van der Waals surface area (Å²) in [5.41, 5.74) is 11.0. The summed E-state index contributed by atoms with van der Waals surface area (Å²) in [5, 5.41) is 6.66. The average Bonchev–Trinajstić information content (AvgIpc) is 3.41. The van der Waals surface area contributed by atoms with Crippen molar-refractivity contribution in [3.63, 3.8) is 0 Å². The lowest BCUT2D eigenvalue weighted by Crippen LogP contribution is -2.35. The summed E-state index contributed by atoms with van der Waals surface area (Å²) in [6.07, 6.45) is 3.37. The number of para-hydroxylation sites is 1. The standard InChI is InChI=1S/C26H28N7O2P/c27-23(24(19-8-10-29-11-9-19)33(28)21-6-1-2-7-22(21)36)26-30-25(31-35-26)20-5-3-4-18(16-20)17-32-12-14-34-15-13-32/h1-11,16H,12-15,17,27-28,36H2/b24-23-. The van der Waals surface area contributed by atoms with Gasteiger partial charge in [-0.05, 0) is 35.1 Å². The second-order valence-electron chi connectivity index (χ2n) is 8.44. The highest BCUT2D eigenvalue weighted by Gasteiger charge is 2.22. The molecule has 184 valence electrons. The van der Waals surface area contributed by atoms with Crippen LogP contribution in [-0.2, 0) is 11.3 Å². The Hall–Kier alpha value is -3.62. The fourth-order valence-corrected chi connectivity index (χ4v) is 4.49. The topological polar surface area (TPSA) is 120 Å². The van der Waals surface area contributed by atoms with E-state index in [0.29, 0.717) is 11.5 Å². The largest absolute Gasteiger partial charge is 0.392 e. The van der Waals surface area contributed by atoms with E-state index in [-0.39, 0.29) is 11.6 Å². The highest BCUT2D eigenvalue weighted by atomic mass is 31.0. The molecule has 2 aromatic heterocycles.